The van der Waals surface area contributed by atoms with Crippen LogP contribution in [0.3, 0.4) is 0 Å². The maximum absolute atomic E-state index is 9.06. The zero-order valence-corrected chi connectivity index (χ0v) is 11.7. The second kappa shape index (κ2) is 12.3. The van der Waals surface area contributed by atoms with Crippen molar-refractivity contribution < 1.29 is 14.6 Å². The topological polar surface area (TPSA) is 41.9 Å². The standard InChI is InChI=1S/C13H29NO3/c1-4-13(5-2)14(8-9-15)7-6-10-17-12-11-16-3/h13,15H,4-12H2,1-3H3. The Morgan fingerprint density at radius 3 is 2.29 bits per heavy atom. The minimum Gasteiger partial charge on any atom is -0.395 e. The fraction of sp³-hybridized carbons (Fsp3) is 1.00. The second-order valence-corrected chi connectivity index (χ2v) is 4.19. The molecule has 0 radical (unpaired) electrons. The summed E-state index contributed by atoms with van der Waals surface area (Å²) < 4.78 is 10.3. The van der Waals surface area contributed by atoms with Crippen LogP contribution in [0.2, 0.25) is 0 Å². The Hall–Kier alpha value is -0.160. The van der Waals surface area contributed by atoms with Gasteiger partial charge in [-0.3, -0.25) is 4.90 Å². The molecule has 0 heterocycles. The van der Waals surface area contributed by atoms with Gasteiger partial charge in [0.25, 0.3) is 0 Å². The van der Waals surface area contributed by atoms with Crippen molar-refractivity contribution in [2.45, 2.75) is 39.2 Å². The van der Waals surface area contributed by atoms with Gasteiger partial charge in [-0.1, -0.05) is 13.8 Å². The van der Waals surface area contributed by atoms with E-state index < -0.39 is 0 Å². The molecule has 4 heteroatoms. The van der Waals surface area contributed by atoms with Gasteiger partial charge in [0.05, 0.1) is 19.8 Å². The predicted molar refractivity (Wildman–Crippen MR) is 70.3 cm³/mol. The Labute approximate surface area is 106 Å². The number of hydrogen-bond donors (Lipinski definition) is 1. The first-order valence-corrected chi connectivity index (χ1v) is 6.71. The van der Waals surface area contributed by atoms with Gasteiger partial charge in [-0.25, -0.2) is 0 Å². The van der Waals surface area contributed by atoms with E-state index in [0.29, 0.717) is 19.3 Å². The summed E-state index contributed by atoms with van der Waals surface area (Å²) in [6.45, 7) is 8.51. The van der Waals surface area contributed by atoms with Crippen molar-refractivity contribution >= 4 is 0 Å². The van der Waals surface area contributed by atoms with E-state index in [2.05, 4.69) is 18.7 Å². The zero-order valence-electron chi connectivity index (χ0n) is 11.7. The van der Waals surface area contributed by atoms with Gasteiger partial charge in [-0.05, 0) is 19.3 Å². The lowest BCUT2D eigenvalue weighted by Gasteiger charge is -2.29. The maximum Gasteiger partial charge on any atom is 0.0700 e. The Kier molecular flexibility index (Phi) is 12.2. The Morgan fingerprint density at radius 2 is 1.76 bits per heavy atom. The highest BCUT2D eigenvalue weighted by atomic mass is 16.5. The molecule has 0 saturated carbocycles. The summed E-state index contributed by atoms with van der Waals surface area (Å²) in [6, 6.07) is 0.584. The van der Waals surface area contributed by atoms with Gasteiger partial charge < -0.3 is 14.6 Å². The van der Waals surface area contributed by atoms with E-state index >= 15 is 0 Å². The van der Waals surface area contributed by atoms with Crippen LogP contribution in [0.4, 0.5) is 0 Å². The SMILES string of the molecule is CCC(CC)N(CCO)CCCOCCOC. The van der Waals surface area contributed by atoms with Crippen LogP contribution in [-0.2, 0) is 9.47 Å². The highest BCUT2D eigenvalue weighted by molar-refractivity contribution is 4.68. The van der Waals surface area contributed by atoms with E-state index in [4.69, 9.17) is 14.6 Å². The van der Waals surface area contributed by atoms with Gasteiger partial charge in [-0.2, -0.15) is 0 Å². The molecule has 0 amide bonds. The van der Waals surface area contributed by atoms with Gasteiger partial charge in [0.1, 0.15) is 0 Å². The summed E-state index contributed by atoms with van der Waals surface area (Å²) in [7, 11) is 1.68. The normalized spacial score (nSPS) is 11.6. The molecule has 0 aliphatic heterocycles. The first kappa shape index (κ1) is 16.8. The van der Waals surface area contributed by atoms with Gasteiger partial charge >= 0.3 is 0 Å². The van der Waals surface area contributed by atoms with E-state index in [1.165, 1.54) is 0 Å². The highest BCUT2D eigenvalue weighted by Crippen LogP contribution is 2.08. The third-order valence-corrected chi connectivity index (χ3v) is 3.01. The third kappa shape index (κ3) is 8.55. The zero-order chi connectivity index (χ0) is 12.9. The molecule has 0 saturated heterocycles. The molecule has 1 N–H and O–H groups in total. The lowest BCUT2D eigenvalue weighted by molar-refractivity contribution is 0.0600. The Bertz CT molecular complexity index is 152. The van der Waals surface area contributed by atoms with Crippen LogP contribution in [0.1, 0.15) is 33.1 Å². The highest BCUT2D eigenvalue weighted by Gasteiger charge is 2.13. The number of nitrogens with zero attached hydrogens (tertiary/aromatic N) is 1. The van der Waals surface area contributed by atoms with Crippen molar-refractivity contribution in [3.05, 3.63) is 0 Å². The number of ether oxygens (including phenoxy) is 2. The van der Waals surface area contributed by atoms with E-state index in [9.17, 15) is 0 Å². The molecule has 0 rings (SSSR count). The fourth-order valence-electron chi connectivity index (χ4n) is 2.02. The van der Waals surface area contributed by atoms with Crippen LogP contribution in [0.25, 0.3) is 0 Å². The summed E-state index contributed by atoms with van der Waals surface area (Å²) >= 11 is 0. The number of hydrogen-bond acceptors (Lipinski definition) is 4. The molecule has 0 spiro atoms. The predicted octanol–water partition coefficient (Wildman–Crippen LogP) is 1.52. The monoisotopic (exact) mass is 247 g/mol. The second-order valence-electron chi connectivity index (χ2n) is 4.19. The molecule has 0 aromatic rings. The Balaban J connectivity index is 3.69. The first-order chi connectivity index (χ1) is 8.29. The molecule has 0 aromatic heterocycles. The van der Waals surface area contributed by atoms with Crippen LogP contribution in [-0.4, -0.2) is 62.7 Å². The van der Waals surface area contributed by atoms with Gasteiger partial charge in [0.2, 0.25) is 0 Å². The van der Waals surface area contributed by atoms with Gasteiger partial charge in [0.15, 0.2) is 0 Å². The molecule has 0 aliphatic rings. The lowest BCUT2D eigenvalue weighted by Crippen LogP contribution is -2.37. The summed E-state index contributed by atoms with van der Waals surface area (Å²) in [5.41, 5.74) is 0. The van der Waals surface area contributed by atoms with Crippen LogP contribution in [0, 0.1) is 0 Å². The number of methoxy groups -OCH3 is 1. The number of rotatable bonds is 12. The van der Waals surface area contributed by atoms with E-state index in [0.717, 1.165) is 39.0 Å². The van der Waals surface area contributed by atoms with Crippen LogP contribution in [0.5, 0.6) is 0 Å². The molecule has 0 atom stereocenters. The number of aliphatic hydroxyl groups is 1. The molecule has 17 heavy (non-hydrogen) atoms. The Morgan fingerprint density at radius 1 is 1.06 bits per heavy atom. The molecular weight excluding hydrogens is 218 g/mol. The molecule has 4 nitrogen and oxygen atoms in total. The maximum atomic E-state index is 9.06. The molecule has 104 valence electrons. The third-order valence-electron chi connectivity index (χ3n) is 3.01. The summed E-state index contributed by atoms with van der Waals surface area (Å²) in [5, 5.41) is 9.06. The van der Waals surface area contributed by atoms with Gasteiger partial charge in [-0.15, -0.1) is 0 Å². The van der Waals surface area contributed by atoms with Crippen molar-refractivity contribution in [3.8, 4) is 0 Å². The summed E-state index contributed by atoms with van der Waals surface area (Å²) in [4.78, 5) is 2.36. The van der Waals surface area contributed by atoms with Crippen molar-refractivity contribution in [2.75, 3.05) is 46.6 Å². The van der Waals surface area contributed by atoms with Crippen molar-refractivity contribution in [3.63, 3.8) is 0 Å². The summed E-state index contributed by atoms with van der Waals surface area (Å²) in [6.07, 6.45) is 3.29. The van der Waals surface area contributed by atoms with Gasteiger partial charge in [0, 0.05) is 32.8 Å². The fourth-order valence-corrected chi connectivity index (χ4v) is 2.02. The largest absolute Gasteiger partial charge is 0.395 e. The van der Waals surface area contributed by atoms with E-state index in [1.807, 2.05) is 0 Å². The molecule has 0 aliphatic carbocycles. The minimum atomic E-state index is 0.237. The average Bonchev–Trinajstić information content (AvgIpc) is 2.35. The van der Waals surface area contributed by atoms with Crippen LogP contribution >= 0.6 is 0 Å². The van der Waals surface area contributed by atoms with Crippen LogP contribution < -0.4 is 0 Å². The van der Waals surface area contributed by atoms with E-state index in [1.54, 1.807) is 7.11 Å². The first-order valence-electron chi connectivity index (χ1n) is 6.71. The average molecular weight is 247 g/mol. The lowest BCUT2D eigenvalue weighted by atomic mass is 10.1. The minimum absolute atomic E-state index is 0.237. The quantitative estimate of drug-likeness (QED) is 0.531. The van der Waals surface area contributed by atoms with E-state index in [-0.39, 0.29) is 6.61 Å². The van der Waals surface area contributed by atoms with Crippen molar-refractivity contribution in [1.82, 2.24) is 4.90 Å². The molecule has 0 fully saturated rings. The molecular formula is C13H29NO3. The molecule has 0 aromatic carbocycles. The molecule has 0 bridgehead atoms. The van der Waals surface area contributed by atoms with Crippen molar-refractivity contribution in [2.24, 2.45) is 0 Å². The van der Waals surface area contributed by atoms with Crippen molar-refractivity contribution in [1.29, 1.82) is 0 Å². The number of aliphatic hydroxyl groups excluding tert-OH is 1. The summed E-state index contributed by atoms with van der Waals surface area (Å²) in [5.74, 6) is 0. The molecule has 0 unspecified atom stereocenters. The van der Waals surface area contributed by atoms with Crippen LogP contribution in [0.15, 0.2) is 0 Å². The smallest absolute Gasteiger partial charge is 0.0700 e.